The lowest BCUT2D eigenvalue weighted by molar-refractivity contribution is 0.0196. The fourth-order valence-electron chi connectivity index (χ4n) is 1.34. The number of ether oxygens (including phenoxy) is 1. The largest absolute Gasteiger partial charge is 0.387 e. The molecule has 1 heterocycles. The van der Waals surface area contributed by atoms with Crippen LogP contribution in [0.1, 0.15) is 13.8 Å². The van der Waals surface area contributed by atoms with Gasteiger partial charge in [0.25, 0.3) is 0 Å². The van der Waals surface area contributed by atoms with Crippen LogP contribution in [0, 0.1) is 5.92 Å². The van der Waals surface area contributed by atoms with Crippen molar-refractivity contribution in [1.29, 1.82) is 0 Å². The number of hydrogen-bond donors (Lipinski definition) is 2. The molecule has 1 rings (SSSR count). The average Bonchev–Trinajstić information content (AvgIpc) is 2.08. The quantitative estimate of drug-likeness (QED) is 0.556. The number of hydrogen-bond acceptors (Lipinski definition) is 3. The third-order valence-electron chi connectivity index (χ3n) is 2.07. The highest BCUT2D eigenvalue weighted by atomic mass is 32.1. The molecule has 1 saturated heterocycles. The maximum absolute atomic E-state index is 9.65. The van der Waals surface area contributed by atoms with Crippen LogP contribution in [0.3, 0.4) is 0 Å². The summed E-state index contributed by atoms with van der Waals surface area (Å²) in [5, 5.41) is 9.86. The molecule has 60 valence electrons. The van der Waals surface area contributed by atoms with E-state index in [0.29, 0.717) is 13.2 Å². The first-order valence-corrected chi connectivity index (χ1v) is 4.04. The Kier molecular flexibility index (Phi) is 2.28. The molecule has 0 amide bonds. The molecule has 0 saturated carbocycles. The average molecular weight is 162 g/mol. The van der Waals surface area contributed by atoms with E-state index in [1.54, 1.807) is 6.92 Å². The zero-order chi connectivity index (χ0) is 7.78. The fraction of sp³-hybridized carbons (Fsp3) is 1.00. The standard InChI is InChI=1S/C7H14O2S/c1-5(10)6-3-9-4-7(6,2)8/h5-6,8,10H,3-4H2,1-2H3/t5?,6-,7-/m0/s1. The molecule has 1 fully saturated rings. The smallest absolute Gasteiger partial charge is 0.0912 e. The summed E-state index contributed by atoms with van der Waals surface area (Å²) in [6.07, 6.45) is 0. The highest BCUT2D eigenvalue weighted by Crippen LogP contribution is 2.29. The summed E-state index contributed by atoms with van der Waals surface area (Å²) in [4.78, 5) is 0. The van der Waals surface area contributed by atoms with Gasteiger partial charge in [-0.25, -0.2) is 0 Å². The third kappa shape index (κ3) is 1.47. The van der Waals surface area contributed by atoms with Gasteiger partial charge in [0.2, 0.25) is 0 Å². The van der Waals surface area contributed by atoms with Crippen LogP contribution in [0.5, 0.6) is 0 Å². The van der Waals surface area contributed by atoms with Crippen molar-refractivity contribution in [2.75, 3.05) is 13.2 Å². The van der Waals surface area contributed by atoms with Gasteiger partial charge < -0.3 is 9.84 Å². The summed E-state index contributed by atoms with van der Waals surface area (Å²) in [6, 6.07) is 0. The van der Waals surface area contributed by atoms with E-state index < -0.39 is 5.60 Å². The minimum absolute atomic E-state index is 0.177. The van der Waals surface area contributed by atoms with Crippen molar-refractivity contribution in [3.8, 4) is 0 Å². The maximum atomic E-state index is 9.65. The van der Waals surface area contributed by atoms with Crippen LogP contribution < -0.4 is 0 Å². The van der Waals surface area contributed by atoms with E-state index in [4.69, 9.17) is 4.74 Å². The van der Waals surface area contributed by atoms with Crippen LogP contribution in [-0.2, 0) is 4.74 Å². The molecule has 1 aliphatic rings. The summed E-state index contributed by atoms with van der Waals surface area (Å²) >= 11 is 4.27. The molecule has 1 N–H and O–H groups in total. The summed E-state index contributed by atoms with van der Waals surface area (Å²) in [7, 11) is 0. The second-order valence-electron chi connectivity index (χ2n) is 3.22. The monoisotopic (exact) mass is 162 g/mol. The Bertz CT molecular complexity index is 123. The molecule has 0 aliphatic carbocycles. The van der Waals surface area contributed by atoms with Crippen LogP contribution in [0.4, 0.5) is 0 Å². The zero-order valence-electron chi connectivity index (χ0n) is 6.37. The van der Waals surface area contributed by atoms with Crippen molar-refractivity contribution in [3.05, 3.63) is 0 Å². The van der Waals surface area contributed by atoms with Gasteiger partial charge in [-0.15, -0.1) is 0 Å². The maximum Gasteiger partial charge on any atom is 0.0912 e. The second-order valence-corrected chi connectivity index (χ2v) is 4.03. The first kappa shape index (κ1) is 8.37. The summed E-state index contributed by atoms with van der Waals surface area (Å²) in [5.74, 6) is 0.177. The van der Waals surface area contributed by atoms with E-state index in [2.05, 4.69) is 12.6 Å². The van der Waals surface area contributed by atoms with Crippen molar-refractivity contribution in [3.63, 3.8) is 0 Å². The highest BCUT2D eigenvalue weighted by Gasteiger charge is 2.39. The predicted octanol–water partition coefficient (Wildman–Crippen LogP) is 0.702. The van der Waals surface area contributed by atoms with E-state index in [0.717, 1.165) is 0 Å². The molecule has 0 aromatic rings. The molecule has 2 nitrogen and oxygen atoms in total. The van der Waals surface area contributed by atoms with Gasteiger partial charge >= 0.3 is 0 Å². The third-order valence-corrected chi connectivity index (χ3v) is 2.43. The van der Waals surface area contributed by atoms with Gasteiger partial charge in [-0.1, -0.05) is 6.92 Å². The van der Waals surface area contributed by atoms with E-state index >= 15 is 0 Å². The summed E-state index contributed by atoms with van der Waals surface area (Å²) in [5.41, 5.74) is -0.666. The Balaban J connectivity index is 2.59. The Morgan fingerprint density at radius 2 is 2.40 bits per heavy atom. The van der Waals surface area contributed by atoms with Gasteiger partial charge in [0.15, 0.2) is 0 Å². The van der Waals surface area contributed by atoms with Gasteiger partial charge in [0.05, 0.1) is 18.8 Å². The molecule has 1 aliphatic heterocycles. The first-order valence-electron chi connectivity index (χ1n) is 3.52. The minimum atomic E-state index is -0.666. The molecule has 3 atom stereocenters. The minimum Gasteiger partial charge on any atom is -0.387 e. The fourth-order valence-corrected chi connectivity index (χ4v) is 1.75. The number of thiol groups is 1. The summed E-state index contributed by atoms with van der Waals surface area (Å²) in [6.45, 7) is 4.87. The molecule has 1 unspecified atom stereocenters. The first-order chi connectivity index (χ1) is 4.54. The van der Waals surface area contributed by atoms with E-state index in [1.165, 1.54) is 0 Å². The molecule has 10 heavy (non-hydrogen) atoms. The van der Waals surface area contributed by atoms with Crippen molar-refractivity contribution in [2.24, 2.45) is 5.92 Å². The zero-order valence-corrected chi connectivity index (χ0v) is 7.27. The molecule has 3 heteroatoms. The van der Waals surface area contributed by atoms with Gasteiger partial charge in [-0.3, -0.25) is 0 Å². The van der Waals surface area contributed by atoms with E-state index in [1.807, 2.05) is 6.92 Å². The van der Waals surface area contributed by atoms with Crippen LogP contribution in [0.15, 0.2) is 0 Å². The normalized spacial score (nSPS) is 43.8. The van der Waals surface area contributed by atoms with Crippen LogP contribution in [-0.4, -0.2) is 29.2 Å². The summed E-state index contributed by atoms with van der Waals surface area (Å²) < 4.78 is 5.13. The molecule has 0 aromatic heterocycles. The predicted molar refractivity (Wildman–Crippen MR) is 43.4 cm³/mol. The molecular weight excluding hydrogens is 148 g/mol. The van der Waals surface area contributed by atoms with Gasteiger partial charge in [0, 0.05) is 11.2 Å². The highest BCUT2D eigenvalue weighted by molar-refractivity contribution is 7.80. The van der Waals surface area contributed by atoms with Gasteiger partial charge in [-0.2, -0.15) is 12.6 Å². The number of rotatable bonds is 1. The van der Waals surface area contributed by atoms with Crippen LogP contribution in [0.25, 0.3) is 0 Å². The van der Waals surface area contributed by atoms with Crippen molar-refractivity contribution in [1.82, 2.24) is 0 Å². The lowest BCUT2D eigenvalue weighted by atomic mass is 9.90. The SMILES string of the molecule is CC(S)[C@@H]1COC[C@]1(C)O. The van der Waals surface area contributed by atoms with Crippen LogP contribution in [0.2, 0.25) is 0 Å². The van der Waals surface area contributed by atoms with Crippen molar-refractivity contribution in [2.45, 2.75) is 24.7 Å². The Hall–Kier alpha value is 0.270. The topological polar surface area (TPSA) is 29.5 Å². The second kappa shape index (κ2) is 2.72. The molecular formula is C7H14O2S. The lowest BCUT2D eigenvalue weighted by Crippen LogP contribution is -2.37. The van der Waals surface area contributed by atoms with Gasteiger partial charge in [-0.05, 0) is 6.92 Å². The van der Waals surface area contributed by atoms with Crippen LogP contribution >= 0.6 is 12.6 Å². The Morgan fingerprint density at radius 3 is 2.60 bits per heavy atom. The van der Waals surface area contributed by atoms with Gasteiger partial charge in [0.1, 0.15) is 0 Å². The van der Waals surface area contributed by atoms with E-state index in [9.17, 15) is 5.11 Å². The van der Waals surface area contributed by atoms with Crippen molar-refractivity contribution < 1.29 is 9.84 Å². The molecule has 0 spiro atoms. The Labute approximate surface area is 67.0 Å². The Morgan fingerprint density at radius 1 is 1.80 bits per heavy atom. The van der Waals surface area contributed by atoms with E-state index in [-0.39, 0.29) is 11.2 Å². The number of aliphatic hydroxyl groups is 1. The van der Waals surface area contributed by atoms with Crippen molar-refractivity contribution >= 4 is 12.6 Å². The molecule has 0 aromatic carbocycles. The molecule has 0 radical (unpaired) electrons. The lowest BCUT2D eigenvalue weighted by Gasteiger charge is -2.25. The molecule has 0 bridgehead atoms.